The van der Waals surface area contributed by atoms with Crippen LogP contribution in [-0.4, -0.2) is 13.2 Å². The number of hydrogen-bond acceptors (Lipinski definition) is 4. The summed E-state index contributed by atoms with van der Waals surface area (Å²) in [5.74, 6) is 1.70. The van der Waals surface area contributed by atoms with Crippen LogP contribution in [0.1, 0.15) is 44.1 Å². The van der Waals surface area contributed by atoms with Crippen LogP contribution in [0, 0.1) is 6.92 Å². The van der Waals surface area contributed by atoms with Crippen molar-refractivity contribution in [3.8, 4) is 11.5 Å². The zero-order valence-corrected chi connectivity index (χ0v) is 15.2. The average molecular weight is 342 g/mol. The van der Waals surface area contributed by atoms with Gasteiger partial charge < -0.3 is 20.9 Å². The number of nitrogens with two attached hydrogens (primary N) is 2. The number of benzene rings is 2. The third kappa shape index (κ3) is 6.96. The molecule has 2 rings (SSSR count). The molecule has 4 heteroatoms. The van der Waals surface area contributed by atoms with Crippen LogP contribution in [0.3, 0.4) is 0 Å². The van der Waals surface area contributed by atoms with Crippen molar-refractivity contribution in [1.82, 2.24) is 0 Å². The van der Waals surface area contributed by atoms with Crippen molar-refractivity contribution in [3.05, 3.63) is 48.0 Å². The Morgan fingerprint density at radius 2 is 1.36 bits per heavy atom. The summed E-state index contributed by atoms with van der Waals surface area (Å²) in [6.07, 6.45) is 6.99. The average Bonchev–Trinajstić information content (AvgIpc) is 2.61. The third-order valence-electron chi connectivity index (χ3n) is 4.23. The standard InChI is InChI=1S/C21H30N2O2/c1-17-16-18(12-13-19(17)22)24-14-8-4-2-3-5-9-15-25-21-11-7-6-10-20(21)23/h6-7,10-13,16H,2-5,8-9,14-15,22-23H2,1H3. The summed E-state index contributed by atoms with van der Waals surface area (Å²) in [6.45, 7) is 3.49. The lowest BCUT2D eigenvalue weighted by Crippen LogP contribution is -2.00. The molecule has 0 radical (unpaired) electrons. The highest BCUT2D eigenvalue weighted by molar-refractivity contribution is 5.51. The SMILES string of the molecule is Cc1cc(OCCCCCCCCOc2ccccc2N)ccc1N. The molecular weight excluding hydrogens is 312 g/mol. The van der Waals surface area contributed by atoms with E-state index in [0.717, 1.165) is 48.8 Å². The van der Waals surface area contributed by atoms with E-state index in [1.165, 1.54) is 25.7 Å². The van der Waals surface area contributed by atoms with Crippen molar-refractivity contribution in [1.29, 1.82) is 0 Å². The lowest BCUT2D eigenvalue weighted by molar-refractivity contribution is 0.297. The molecule has 4 nitrogen and oxygen atoms in total. The summed E-state index contributed by atoms with van der Waals surface area (Å²) < 4.78 is 11.5. The number of nitrogen functional groups attached to an aromatic ring is 2. The normalized spacial score (nSPS) is 10.6. The number of aryl methyl sites for hydroxylation is 1. The van der Waals surface area contributed by atoms with Crippen molar-refractivity contribution < 1.29 is 9.47 Å². The molecule has 2 aromatic carbocycles. The quantitative estimate of drug-likeness (QED) is 0.447. The fourth-order valence-corrected chi connectivity index (χ4v) is 2.63. The lowest BCUT2D eigenvalue weighted by atomic mass is 10.1. The first-order valence-electron chi connectivity index (χ1n) is 9.13. The predicted octanol–water partition coefficient (Wildman–Crippen LogP) is 4.96. The first kappa shape index (κ1) is 19.0. The van der Waals surface area contributed by atoms with E-state index in [4.69, 9.17) is 20.9 Å². The van der Waals surface area contributed by atoms with Crippen molar-refractivity contribution in [2.75, 3.05) is 24.7 Å². The maximum absolute atomic E-state index is 5.84. The molecule has 0 atom stereocenters. The second-order valence-electron chi connectivity index (χ2n) is 6.37. The fourth-order valence-electron chi connectivity index (χ4n) is 2.63. The number of unbranched alkanes of at least 4 members (excludes halogenated alkanes) is 5. The number of rotatable bonds is 11. The van der Waals surface area contributed by atoms with E-state index in [-0.39, 0.29) is 0 Å². The van der Waals surface area contributed by atoms with E-state index in [1.807, 2.05) is 49.4 Å². The molecule has 136 valence electrons. The minimum absolute atomic E-state index is 0.707. The summed E-state index contributed by atoms with van der Waals surface area (Å²) in [6, 6.07) is 13.5. The molecule has 0 saturated carbocycles. The molecule has 0 amide bonds. The first-order chi connectivity index (χ1) is 12.2. The fraction of sp³-hybridized carbons (Fsp3) is 0.429. The number of anilines is 2. The van der Waals surface area contributed by atoms with E-state index in [9.17, 15) is 0 Å². The minimum atomic E-state index is 0.707. The van der Waals surface area contributed by atoms with E-state index in [2.05, 4.69) is 0 Å². The van der Waals surface area contributed by atoms with E-state index in [1.54, 1.807) is 0 Å². The molecule has 4 N–H and O–H groups in total. The van der Waals surface area contributed by atoms with Crippen LogP contribution in [0.2, 0.25) is 0 Å². The highest BCUT2D eigenvalue weighted by atomic mass is 16.5. The van der Waals surface area contributed by atoms with Crippen LogP contribution < -0.4 is 20.9 Å². The van der Waals surface area contributed by atoms with Crippen LogP contribution in [0.25, 0.3) is 0 Å². The molecule has 0 aliphatic carbocycles. The van der Waals surface area contributed by atoms with Crippen molar-refractivity contribution >= 4 is 11.4 Å². The van der Waals surface area contributed by atoms with Crippen LogP contribution in [0.15, 0.2) is 42.5 Å². The Kier molecular flexibility index (Phi) is 7.96. The molecule has 0 aromatic heterocycles. The summed E-state index contributed by atoms with van der Waals surface area (Å²) in [5, 5.41) is 0. The maximum Gasteiger partial charge on any atom is 0.142 e. The number of ether oxygens (including phenoxy) is 2. The van der Waals surface area contributed by atoms with Gasteiger partial charge in [0.15, 0.2) is 0 Å². The zero-order chi connectivity index (χ0) is 17.9. The summed E-state index contributed by atoms with van der Waals surface area (Å²) >= 11 is 0. The van der Waals surface area contributed by atoms with Gasteiger partial charge in [-0.25, -0.2) is 0 Å². The Hall–Kier alpha value is -2.36. The van der Waals surface area contributed by atoms with E-state index in [0.29, 0.717) is 5.69 Å². The van der Waals surface area contributed by atoms with Gasteiger partial charge >= 0.3 is 0 Å². The van der Waals surface area contributed by atoms with E-state index >= 15 is 0 Å². The monoisotopic (exact) mass is 342 g/mol. The van der Waals surface area contributed by atoms with Gasteiger partial charge in [-0.05, 0) is 55.7 Å². The molecule has 0 fully saturated rings. The molecule has 2 aromatic rings. The van der Waals surface area contributed by atoms with Gasteiger partial charge in [0.2, 0.25) is 0 Å². The van der Waals surface area contributed by atoms with Gasteiger partial charge in [0, 0.05) is 5.69 Å². The Labute approximate surface area is 151 Å². The summed E-state index contributed by atoms with van der Waals surface area (Å²) in [4.78, 5) is 0. The molecule has 0 heterocycles. The Morgan fingerprint density at radius 1 is 0.720 bits per heavy atom. The summed E-state index contributed by atoms with van der Waals surface area (Å²) in [7, 11) is 0. The van der Waals surface area contributed by atoms with Gasteiger partial charge in [-0.2, -0.15) is 0 Å². The molecule has 25 heavy (non-hydrogen) atoms. The van der Waals surface area contributed by atoms with Gasteiger partial charge in [-0.3, -0.25) is 0 Å². The molecule has 0 aliphatic heterocycles. The largest absolute Gasteiger partial charge is 0.494 e. The van der Waals surface area contributed by atoms with Crippen LogP contribution in [-0.2, 0) is 0 Å². The molecular formula is C21H30N2O2. The third-order valence-corrected chi connectivity index (χ3v) is 4.23. The Morgan fingerprint density at radius 3 is 2.04 bits per heavy atom. The molecule has 0 bridgehead atoms. The van der Waals surface area contributed by atoms with Gasteiger partial charge in [0.1, 0.15) is 11.5 Å². The van der Waals surface area contributed by atoms with Crippen molar-refractivity contribution in [2.45, 2.75) is 45.4 Å². The number of hydrogen-bond donors (Lipinski definition) is 2. The topological polar surface area (TPSA) is 70.5 Å². The Bertz CT molecular complexity index is 644. The van der Waals surface area contributed by atoms with Crippen molar-refractivity contribution in [2.24, 2.45) is 0 Å². The molecule has 0 aliphatic rings. The summed E-state index contributed by atoms with van der Waals surface area (Å²) in [5.41, 5.74) is 14.2. The molecule has 0 spiro atoms. The molecule has 0 saturated heterocycles. The van der Waals surface area contributed by atoms with Crippen LogP contribution >= 0.6 is 0 Å². The first-order valence-corrected chi connectivity index (χ1v) is 9.13. The highest BCUT2D eigenvalue weighted by Gasteiger charge is 1.99. The van der Waals surface area contributed by atoms with Crippen LogP contribution in [0.5, 0.6) is 11.5 Å². The van der Waals surface area contributed by atoms with Crippen molar-refractivity contribution in [3.63, 3.8) is 0 Å². The second-order valence-corrected chi connectivity index (χ2v) is 6.37. The maximum atomic E-state index is 5.84. The van der Waals surface area contributed by atoms with Gasteiger partial charge in [0.05, 0.1) is 18.9 Å². The van der Waals surface area contributed by atoms with Gasteiger partial charge in [-0.1, -0.05) is 37.8 Å². The van der Waals surface area contributed by atoms with Gasteiger partial charge in [-0.15, -0.1) is 0 Å². The van der Waals surface area contributed by atoms with Crippen LogP contribution in [0.4, 0.5) is 11.4 Å². The predicted molar refractivity (Wildman–Crippen MR) is 105 cm³/mol. The lowest BCUT2D eigenvalue weighted by Gasteiger charge is -2.09. The zero-order valence-electron chi connectivity index (χ0n) is 15.2. The highest BCUT2D eigenvalue weighted by Crippen LogP contribution is 2.20. The van der Waals surface area contributed by atoms with E-state index < -0.39 is 0 Å². The number of para-hydroxylation sites is 2. The minimum Gasteiger partial charge on any atom is -0.494 e. The Balaban J connectivity index is 1.44. The smallest absolute Gasteiger partial charge is 0.142 e. The van der Waals surface area contributed by atoms with Gasteiger partial charge in [0.25, 0.3) is 0 Å². The molecule has 0 unspecified atom stereocenters. The second kappa shape index (κ2) is 10.5.